The summed E-state index contributed by atoms with van der Waals surface area (Å²) in [6, 6.07) is 8.36. The Morgan fingerprint density at radius 3 is 2.96 bits per heavy atom. The van der Waals surface area contributed by atoms with Crippen molar-refractivity contribution < 1.29 is 9.59 Å². The molecule has 3 aliphatic heterocycles. The highest BCUT2D eigenvalue weighted by atomic mass is 16.2. The minimum Gasteiger partial charge on any atom is -0.358 e. The number of aromatic nitrogens is 1. The van der Waals surface area contributed by atoms with E-state index in [0.717, 1.165) is 11.9 Å². The number of benzene rings is 1. The summed E-state index contributed by atoms with van der Waals surface area (Å²) in [5.74, 6) is 0.249. The summed E-state index contributed by atoms with van der Waals surface area (Å²) >= 11 is 0. The van der Waals surface area contributed by atoms with Crippen LogP contribution in [0.15, 0.2) is 24.3 Å². The van der Waals surface area contributed by atoms with Gasteiger partial charge in [0.2, 0.25) is 11.8 Å². The van der Waals surface area contributed by atoms with E-state index in [1.165, 1.54) is 16.6 Å². The number of rotatable bonds is 0. The second-order valence-electron chi connectivity index (χ2n) is 7.20. The van der Waals surface area contributed by atoms with Gasteiger partial charge in [-0.05, 0) is 19.4 Å². The molecule has 2 fully saturated rings. The first-order chi connectivity index (χ1) is 11.1. The third kappa shape index (κ3) is 1.57. The molecule has 1 aromatic carbocycles. The molecule has 5 nitrogen and oxygen atoms in total. The van der Waals surface area contributed by atoms with Crippen molar-refractivity contribution in [2.45, 2.75) is 44.3 Å². The molecule has 0 radical (unpaired) electrons. The van der Waals surface area contributed by atoms with Gasteiger partial charge in [0.05, 0.1) is 6.04 Å². The Bertz CT molecular complexity index is 855. The van der Waals surface area contributed by atoms with Crippen molar-refractivity contribution in [1.82, 2.24) is 14.8 Å². The van der Waals surface area contributed by atoms with Crippen molar-refractivity contribution in [3.05, 3.63) is 35.5 Å². The molecule has 0 aliphatic carbocycles. The number of H-pyrrole nitrogens is 1. The first kappa shape index (κ1) is 13.2. The number of carbonyl (C=O) groups is 2. The van der Waals surface area contributed by atoms with Crippen LogP contribution in [-0.4, -0.2) is 44.7 Å². The van der Waals surface area contributed by atoms with Crippen LogP contribution in [0.2, 0.25) is 0 Å². The number of amides is 2. The number of piperazine rings is 1. The van der Waals surface area contributed by atoms with E-state index in [0.29, 0.717) is 25.9 Å². The summed E-state index contributed by atoms with van der Waals surface area (Å²) in [4.78, 5) is 32.6. The summed E-state index contributed by atoms with van der Waals surface area (Å²) in [7, 11) is 0. The SMILES string of the molecule is CC12CCC(=O)N1CC1Cc3[nH]c4ccccc4c3CN1C2=O. The number of para-hydroxylation sites is 1. The fourth-order valence-corrected chi connectivity index (χ4v) is 4.60. The number of hydrogen-bond acceptors (Lipinski definition) is 2. The molecule has 0 saturated carbocycles. The number of nitrogens with one attached hydrogen (secondary N) is 1. The molecule has 0 spiro atoms. The maximum absolute atomic E-state index is 13.1. The van der Waals surface area contributed by atoms with E-state index in [4.69, 9.17) is 0 Å². The Labute approximate surface area is 134 Å². The number of aromatic amines is 1. The lowest BCUT2D eigenvalue weighted by Crippen LogP contribution is -2.67. The quantitative estimate of drug-likeness (QED) is 0.807. The summed E-state index contributed by atoms with van der Waals surface area (Å²) in [6.45, 7) is 3.25. The number of nitrogens with zero attached hydrogens (tertiary/aromatic N) is 2. The summed E-state index contributed by atoms with van der Waals surface area (Å²) in [5, 5.41) is 1.21. The fraction of sp³-hybridized carbons (Fsp3) is 0.444. The largest absolute Gasteiger partial charge is 0.358 e. The van der Waals surface area contributed by atoms with Crippen molar-refractivity contribution in [3.8, 4) is 0 Å². The van der Waals surface area contributed by atoms with Gasteiger partial charge in [-0.25, -0.2) is 0 Å². The Kier molecular flexibility index (Phi) is 2.38. The average Bonchev–Trinajstić information content (AvgIpc) is 3.06. The second-order valence-corrected chi connectivity index (χ2v) is 7.20. The molecule has 2 atom stereocenters. The predicted molar refractivity (Wildman–Crippen MR) is 85.7 cm³/mol. The normalized spacial score (nSPS) is 29.7. The Morgan fingerprint density at radius 2 is 2.09 bits per heavy atom. The van der Waals surface area contributed by atoms with Crippen molar-refractivity contribution in [2.24, 2.45) is 0 Å². The molecular formula is C18H19N3O2. The molecular weight excluding hydrogens is 290 g/mol. The molecule has 2 aromatic rings. The minimum atomic E-state index is -0.628. The zero-order valence-corrected chi connectivity index (χ0v) is 13.1. The number of carbonyl (C=O) groups excluding carboxylic acids is 2. The average molecular weight is 309 g/mol. The standard InChI is InChI=1S/C18H19N3O2/c1-18-7-6-16(22)21(18)9-11-8-15-13(10-20(11)17(18)23)12-4-2-3-5-14(12)19-15/h2-5,11,19H,6-10H2,1H3. The molecule has 1 aromatic heterocycles. The monoisotopic (exact) mass is 309 g/mol. The zero-order valence-electron chi connectivity index (χ0n) is 13.1. The van der Waals surface area contributed by atoms with E-state index in [1.54, 1.807) is 0 Å². The lowest BCUT2D eigenvalue weighted by atomic mass is 9.88. The van der Waals surface area contributed by atoms with E-state index in [1.807, 2.05) is 28.9 Å². The maximum Gasteiger partial charge on any atom is 0.248 e. The van der Waals surface area contributed by atoms with Gasteiger partial charge in [0, 0.05) is 48.1 Å². The predicted octanol–water partition coefficient (Wildman–Crippen LogP) is 1.82. The van der Waals surface area contributed by atoms with Crippen LogP contribution in [0.25, 0.3) is 10.9 Å². The first-order valence-corrected chi connectivity index (χ1v) is 8.28. The molecule has 0 bridgehead atoms. The highest BCUT2D eigenvalue weighted by Gasteiger charge is 2.55. The van der Waals surface area contributed by atoms with Crippen molar-refractivity contribution in [3.63, 3.8) is 0 Å². The fourth-order valence-electron chi connectivity index (χ4n) is 4.60. The molecule has 4 heterocycles. The summed E-state index contributed by atoms with van der Waals surface area (Å²) in [6.07, 6.45) is 1.95. The molecule has 5 heteroatoms. The Balaban J connectivity index is 1.60. The molecule has 2 saturated heterocycles. The first-order valence-electron chi connectivity index (χ1n) is 8.28. The number of fused-ring (bicyclic) bond motifs is 5. The van der Waals surface area contributed by atoms with E-state index in [2.05, 4.69) is 17.1 Å². The van der Waals surface area contributed by atoms with Crippen molar-refractivity contribution in [1.29, 1.82) is 0 Å². The van der Waals surface area contributed by atoms with Crippen LogP contribution in [0.5, 0.6) is 0 Å². The van der Waals surface area contributed by atoms with Gasteiger partial charge in [-0.15, -0.1) is 0 Å². The van der Waals surface area contributed by atoms with Crippen LogP contribution in [0, 0.1) is 0 Å². The molecule has 5 rings (SSSR count). The van der Waals surface area contributed by atoms with Crippen molar-refractivity contribution >= 4 is 22.7 Å². The maximum atomic E-state index is 13.1. The summed E-state index contributed by atoms with van der Waals surface area (Å²) in [5.41, 5.74) is 2.96. The van der Waals surface area contributed by atoms with E-state index in [9.17, 15) is 9.59 Å². The summed E-state index contributed by atoms with van der Waals surface area (Å²) < 4.78 is 0. The number of hydrogen-bond donors (Lipinski definition) is 1. The van der Waals surface area contributed by atoms with E-state index in [-0.39, 0.29) is 17.9 Å². The third-order valence-electron chi connectivity index (χ3n) is 5.95. The van der Waals surface area contributed by atoms with Gasteiger partial charge < -0.3 is 14.8 Å². The highest BCUT2D eigenvalue weighted by molar-refractivity contribution is 5.96. The second kappa shape index (κ2) is 4.16. The van der Waals surface area contributed by atoms with Crippen LogP contribution in [0.4, 0.5) is 0 Å². The van der Waals surface area contributed by atoms with Crippen LogP contribution in [-0.2, 0) is 22.6 Å². The van der Waals surface area contributed by atoms with E-state index < -0.39 is 5.54 Å². The van der Waals surface area contributed by atoms with Gasteiger partial charge in [0.15, 0.2) is 0 Å². The molecule has 23 heavy (non-hydrogen) atoms. The van der Waals surface area contributed by atoms with Crippen LogP contribution in [0.1, 0.15) is 31.0 Å². The van der Waals surface area contributed by atoms with Crippen molar-refractivity contribution in [2.75, 3.05) is 6.54 Å². The van der Waals surface area contributed by atoms with E-state index >= 15 is 0 Å². The van der Waals surface area contributed by atoms with Gasteiger partial charge in [-0.3, -0.25) is 9.59 Å². The Hall–Kier alpha value is -2.30. The lowest BCUT2D eigenvalue weighted by molar-refractivity contribution is -0.159. The zero-order chi connectivity index (χ0) is 15.8. The highest BCUT2D eigenvalue weighted by Crippen LogP contribution is 2.40. The molecule has 2 unspecified atom stereocenters. The molecule has 2 amide bonds. The van der Waals surface area contributed by atoms with Crippen LogP contribution < -0.4 is 0 Å². The van der Waals surface area contributed by atoms with Gasteiger partial charge in [0.1, 0.15) is 5.54 Å². The van der Waals surface area contributed by atoms with Gasteiger partial charge in [-0.1, -0.05) is 18.2 Å². The third-order valence-corrected chi connectivity index (χ3v) is 5.95. The topological polar surface area (TPSA) is 56.4 Å². The molecule has 3 aliphatic rings. The van der Waals surface area contributed by atoms with Crippen LogP contribution in [0.3, 0.4) is 0 Å². The smallest absolute Gasteiger partial charge is 0.248 e. The van der Waals surface area contributed by atoms with Gasteiger partial charge in [0.25, 0.3) is 0 Å². The minimum absolute atomic E-state index is 0.0955. The van der Waals surface area contributed by atoms with Crippen LogP contribution >= 0.6 is 0 Å². The lowest BCUT2D eigenvalue weighted by Gasteiger charge is -2.50. The van der Waals surface area contributed by atoms with Gasteiger partial charge in [-0.2, -0.15) is 0 Å². The molecule has 1 N–H and O–H groups in total. The molecule has 118 valence electrons. The Morgan fingerprint density at radius 1 is 1.26 bits per heavy atom. The van der Waals surface area contributed by atoms with Gasteiger partial charge >= 0.3 is 0 Å².